The van der Waals surface area contributed by atoms with Crippen molar-refractivity contribution in [3.05, 3.63) is 57.3 Å². The maximum atomic E-state index is 10.7. The van der Waals surface area contributed by atoms with Crippen LogP contribution in [0, 0.1) is 30.9 Å². The third kappa shape index (κ3) is 2.88. The van der Waals surface area contributed by atoms with Gasteiger partial charge in [-0.3, -0.25) is 10.1 Å². The Kier molecular flexibility index (Phi) is 3.46. The molecule has 19 heavy (non-hydrogen) atoms. The van der Waals surface area contributed by atoms with Crippen LogP contribution in [0.4, 0.5) is 17.2 Å². The first-order valence-corrected chi connectivity index (χ1v) is 5.92. The maximum absolute atomic E-state index is 10.7. The van der Waals surface area contributed by atoms with Crippen LogP contribution in [0.1, 0.15) is 16.7 Å². The first-order valence-electron chi connectivity index (χ1n) is 5.92. The predicted molar refractivity (Wildman–Crippen MR) is 74.8 cm³/mol. The van der Waals surface area contributed by atoms with Crippen molar-refractivity contribution in [2.45, 2.75) is 20.8 Å². The van der Waals surface area contributed by atoms with Gasteiger partial charge in [-0.05, 0) is 31.9 Å². The van der Waals surface area contributed by atoms with E-state index in [4.69, 9.17) is 0 Å². The Balaban J connectivity index is 2.36. The van der Waals surface area contributed by atoms with Crippen molar-refractivity contribution in [1.82, 2.24) is 4.98 Å². The summed E-state index contributed by atoms with van der Waals surface area (Å²) in [5.41, 5.74) is 4.34. The fraction of sp³-hybridized carbons (Fsp3) is 0.214. The molecule has 0 amide bonds. The average molecular weight is 257 g/mol. The highest BCUT2D eigenvalue weighted by Gasteiger charge is 2.09. The van der Waals surface area contributed by atoms with Gasteiger partial charge in [0, 0.05) is 18.0 Å². The van der Waals surface area contributed by atoms with Gasteiger partial charge in [0.15, 0.2) is 0 Å². The van der Waals surface area contributed by atoms with Gasteiger partial charge in [0.2, 0.25) is 0 Å². The normalized spacial score (nSPS) is 10.3. The second-order valence-electron chi connectivity index (χ2n) is 4.56. The second-order valence-corrected chi connectivity index (χ2v) is 4.56. The van der Waals surface area contributed by atoms with Gasteiger partial charge in [0.05, 0.1) is 11.0 Å². The zero-order chi connectivity index (χ0) is 14.0. The van der Waals surface area contributed by atoms with Gasteiger partial charge in [-0.1, -0.05) is 17.7 Å². The van der Waals surface area contributed by atoms with E-state index in [2.05, 4.69) is 22.4 Å². The summed E-state index contributed by atoms with van der Waals surface area (Å²) >= 11 is 0. The number of rotatable bonds is 3. The molecule has 98 valence electrons. The first kappa shape index (κ1) is 13.0. The van der Waals surface area contributed by atoms with Crippen molar-refractivity contribution in [2.75, 3.05) is 5.32 Å². The van der Waals surface area contributed by atoms with E-state index in [9.17, 15) is 10.1 Å². The molecule has 0 aliphatic heterocycles. The molecule has 5 heteroatoms. The van der Waals surface area contributed by atoms with Gasteiger partial charge in [-0.25, -0.2) is 4.98 Å². The molecular weight excluding hydrogens is 242 g/mol. The molecule has 0 atom stereocenters. The topological polar surface area (TPSA) is 68.1 Å². The number of hydrogen-bond acceptors (Lipinski definition) is 4. The van der Waals surface area contributed by atoms with Crippen LogP contribution in [0.15, 0.2) is 30.5 Å². The van der Waals surface area contributed by atoms with Gasteiger partial charge in [-0.2, -0.15) is 0 Å². The average Bonchev–Trinajstić information content (AvgIpc) is 2.34. The summed E-state index contributed by atoms with van der Waals surface area (Å²) in [6, 6.07) is 6.93. The van der Waals surface area contributed by atoms with E-state index in [0.29, 0.717) is 5.82 Å². The lowest BCUT2D eigenvalue weighted by atomic mass is 10.1. The number of pyridine rings is 1. The first-order chi connectivity index (χ1) is 8.97. The van der Waals surface area contributed by atoms with E-state index in [1.807, 2.05) is 20.8 Å². The van der Waals surface area contributed by atoms with E-state index in [1.165, 1.54) is 23.9 Å². The van der Waals surface area contributed by atoms with Crippen LogP contribution in [-0.2, 0) is 0 Å². The molecule has 5 nitrogen and oxygen atoms in total. The van der Waals surface area contributed by atoms with Crippen molar-refractivity contribution in [3.63, 3.8) is 0 Å². The second kappa shape index (κ2) is 5.06. The maximum Gasteiger partial charge on any atom is 0.274 e. The van der Waals surface area contributed by atoms with Gasteiger partial charge < -0.3 is 5.32 Å². The van der Waals surface area contributed by atoms with Crippen molar-refractivity contribution < 1.29 is 4.92 Å². The number of anilines is 2. The number of nitrogens with zero attached hydrogens (tertiary/aromatic N) is 2. The van der Waals surface area contributed by atoms with Crippen molar-refractivity contribution in [2.24, 2.45) is 0 Å². The summed E-state index contributed by atoms with van der Waals surface area (Å²) in [5, 5.41) is 13.9. The zero-order valence-electron chi connectivity index (χ0n) is 11.1. The Morgan fingerprint density at radius 2 is 1.79 bits per heavy atom. The fourth-order valence-electron chi connectivity index (χ4n) is 2.11. The van der Waals surface area contributed by atoms with Crippen LogP contribution < -0.4 is 5.32 Å². The molecule has 0 aliphatic carbocycles. The quantitative estimate of drug-likeness (QED) is 0.673. The monoisotopic (exact) mass is 257 g/mol. The molecule has 1 heterocycles. The Hall–Kier alpha value is -2.43. The van der Waals surface area contributed by atoms with Crippen LogP contribution in [0.3, 0.4) is 0 Å². The molecule has 0 spiro atoms. The molecule has 1 aromatic carbocycles. The molecule has 2 aromatic rings. The Bertz CT molecular complexity index is 615. The molecule has 2 rings (SSSR count). The minimum absolute atomic E-state index is 0.0277. The van der Waals surface area contributed by atoms with E-state index < -0.39 is 4.92 Å². The van der Waals surface area contributed by atoms with Gasteiger partial charge in [0.1, 0.15) is 5.82 Å². The van der Waals surface area contributed by atoms with Gasteiger partial charge in [-0.15, -0.1) is 0 Å². The zero-order valence-corrected chi connectivity index (χ0v) is 11.1. The highest BCUT2D eigenvalue weighted by Crippen LogP contribution is 2.26. The number of nitro groups is 1. The molecule has 0 unspecified atom stereocenters. The summed E-state index contributed by atoms with van der Waals surface area (Å²) in [5.74, 6) is 0.476. The van der Waals surface area contributed by atoms with Crippen molar-refractivity contribution in [1.29, 1.82) is 0 Å². The fourth-order valence-corrected chi connectivity index (χ4v) is 2.11. The van der Waals surface area contributed by atoms with Gasteiger partial charge in [0.25, 0.3) is 5.69 Å². The minimum atomic E-state index is -0.429. The third-order valence-corrected chi connectivity index (χ3v) is 2.88. The summed E-state index contributed by atoms with van der Waals surface area (Å²) in [7, 11) is 0. The molecule has 1 aromatic heterocycles. The summed E-state index contributed by atoms with van der Waals surface area (Å²) in [6.07, 6.45) is 1.43. The number of aryl methyl sites for hydroxylation is 3. The number of benzene rings is 1. The van der Waals surface area contributed by atoms with Crippen LogP contribution in [0.2, 0.25) is 0 Å². The molecule has 0 saturated heterocycles. The lowest BCUT2D eigenvalue weighted by molar-refractivity contribution is -0.384. The van der Waals surface area contributed by atoms with E-state index in [0.717, 1.165) is 16.8 Å². The molecule has 0 radical (unpaired) electrons. The molecule has 0 bridgehead atoms. The van der Waals surface area contributed by atoms with Crippen LogP contribution in [-0.4, -0.2) is 9.91 Å². The minimum Gasteiger partial charge on any atom is -0.340 e. The standard InChI is InChI=1S/C14H15N3O2/c1-9-6-10(2)14(11(3)7-9)16-13-8-12(17(18)19)4-5-15-13/h4-8H,1-3H3,(H,15,16). The lowest BCUT2D eigenvalue weighted by Gasteiger charge is -2.13. The van der Waals surface area contributed by atoms with Crippen molar-refractivity contribution in [3.8, 4) is 0 Å². The molecule has 0 fully saturated rings. The highest BCUT2D eigenvalue weighted by atomic mass is 16.6. The van der Waals surface area contributed by atoms with Crippen LogP contribution >= 0.6 is 0 Å². The Labute approximate surface area is 111 Å². The molecular formula is C14H15N3O2. The van der Waals surface area contributed by atoms with Gasteiger partial charge >= 0.3 is 0 Å². The van der Waals surface area contributed by atoms with E-state index in [1.54, 1.807) is 0 Å². The Morgan fingerprint density at radius 3 is 2.37 bits per heavy atom. The lowest BCUT2D eigenvalue weighted by Crippen LogP contribution is -1.99. The van der Waals surface area contributed by atoms with Crippen molar-refractivity contribution >= 4 is 17.2 Å². The Morgan fingerprint density at radius 1 is 1.16 bits per heavy atom. The molecule has 0 saturated carbocycles. The smallest absolute Gasteiger partial charge is 0.274 e. The third-order valence-electron chi connectivity index (χ3n) is 2.88. The summed E-state index contributed by atoms with van der Waals surface area (Å²) in [6.45, 7) is 6.04. The molecule has 1 N–H and O–H groups in total. The summed E-state index contributed by atoms with van der Waals surface area (Å²) < 4.78 is 0. The number of hydrogen-bond donors (Lipinski definition) is 1. The van der Waals surface area contributed by atoms with Crippen LogP contribution in [0.25, 0.3) is 0 Å². The van der Waals surface area contributed by atoms with Crippen LogP contribution in [0.5, 0.6) is 0 Å². The SMILES string of the molecule is Cc1cc(C)c(Nc2cc([N+](=O)[O-])ccn2)c(C)c1. The largest absolute Gasteiger partial charge is 0.340 e. The molecule has 0 aliphatic rings. The number of aromatic nitrogens is 1. The summed E-state index contributed by atoms with van der Waals surface area (Å²) in [4.78, 5) is 14.4. The van der Waals surface area contributed by atoms with E-state index >= 15 is 0 Å². The predicted octanol–water partition coefficient (Wildman–Crippen LogP) is 3.66. The van der Waals surface area contributed by atoms with E-state index in [-0.39, 0.29) is 5.69 Å². The number of nitrogens with one attached hydrogen (secondary N) is 1. The highest BCUT2D eigenvalue weighted by molar-refractivity contribution is 5.66.